The second-order valence-corrected chi connectivity index (χ2v) is 6.46. The molecule has 0 aliphatic rings. The lowest BCUT2D eigenvalue weighted by Crippen LogP contribution is -2.22. The van der Waals surface area contributed by atoms with Gasteiger partial charge in [0.05, 0.1) is 0 Å². The molecule has 0 aliphatic carbocycles. The molecule has 1 N–H and O–H groups in total. The average Bonchev–Trinajstić information content (AvgIpc) is 2.95. The Morgan fingerprint density at radius 1 is 1.05 bits per heavy atom. The van der Waals surface area contributed by atoms with Crippen LogP contribution < -0.4 is 5.32 Å². The molecule has 20 heavy (non-hydrogen) atoms. The minimum atomic E-state index is 0.522. The Kier molecular flexibility index (Phi) is 6.55. The molecule has 0 aliphatic heterocycles. The number of nitrogens with one attached hydrogen (secondary N) is 1. The number of unbranched alkanes of at least 4 members (excludes halogenated alkanes) is 3. The highest BCUT2D eigenvalue weighted by Crippen LogP contribution is 2.31. The van der Waals surface area contributed by atoms with E-state index >= 15 is 0 Å². The number of thiophene rings is 1. The van der Waals surface area contributed by atoms with Gasteiger partial charge in [0.2, 0.25) is 0 Å². The zero-order chi connectivity index (χ0) is 14.2. The van der Waals surface area contributed by atoms with Gasteiger partial charge in [-0.05, 0) is 41.8 Å². The first-order valence-corrected chi connectivity index (χ1v) is 8.94. The third kappa shape index (κ3) is 4.07. The number of hydrogen-bond donors (Lipinski definition) is 1. The normalized spacial score (nSPS) is 12.9. The minimum Gasteiger partial charge on any atom is -0.310 e. The molecular formula is C18H27NS. The van der Waals surface area contributed by atoms with Gasteiger partial charge in [-0.1, -0.05) is 57.7 Å². The summed E-state index contributed by atoms with van der Waals surface area (Å²) < 4.78 is 1.47. The summed E-state index contributed by atoms with van der Waals surface area (Å²) in [7, 11) is 0. The smallest absolute Gasteiger partial charge is 0.0390 e. The number of fused-ring (bicyclic) bond motifs is 1. The van der Waals surface area contributed by atoms with Gasteiger partial charge < -0.3 is 5.32 Å². The first-order chi connectivity index (χ1) is 9.86. The maximum absolute atomic E-state index is 3.75. The summed E-state index contributed by atoms with van der Waals surface area (Å²) in [6.07, 6.45) is 7.83. The maximum atomic E-state index is 3.75. The van der Waals surface area contributed by atoms with E-state index in [2.05, 4.69) is 48.8 Å². The predicted octanol–water partition coefficient (Wildman–Crippen LogP) is 5.91. The van der Waals surface area contributed by atoms with Crippen molar-refractivity contribution in [3.63, 3.8) is 0 Å². The van der Waals surface area contributed by atoms with Crippen molar-refractivity contribution in [1.82, 2.24) is 5.32 Å². The molecule has 0 fully saturated rings. The van der Waals surface area contributed by atoms with Crippen molar-refractivity contribution >= 4 is 21.4 Å². The third-order valence-electron chi connectivity index (χ3n) is 3.87. The molecule has 1 nitrogen and oxygen atoms in total. The summed E-state index contributed by atoms with van der Waals surface area (Å²) in [6.45, 7) is 5.63. The molecule has 1 aromatic carbocycles. The first-order valence-electron chi connectivity index (χ1n) is 8.06. The van der Waals surface area contributed by atoms with E-state index in [1.54, 1.807) is 0 Å². The van der Waals surface area contributed by atoms with Gasteiger partial charge in [-0.15, -0.1) is 11.3 Å². The summed E-state index contributed by atoms with van der Waals surface area (Å²) in [5.41, 5.74) is 1.50. The Bertz CT molecular complexity index is 503. The molecule has 2 aromatic rings. The van der Waals surface area contributed by atoms with Gasteiger partial charge in [0.15, 0.2) is 0 Å². The maximum Gasteiger partial charge on any atom is 0.0390 e. The molecule has 110 valence electrons. The summed E-state index contributed by atoms with van der Waals surface area (Å²) in [5.74, 6) is 0. The molecule has 2 heteroatoms. The van der Waals surface area contributed by atoms with Crippen LogP contribution in [0.25, 0.3) is 10.1 Å². The zero-order valence-electron chi connectivity index (χ0n) is 12.8. The van der Waals surface area contributed by atoms with Crippen LogP contribution in [-0.4, -0.2) is 6.54 Å². The van der Waals surface area contributed by atoms with E-state index in [0.717, 1.165) is 6.54 Å². The number of benzene rings is 1. The lowest BCUT2D eigenvalue weighted by atomic mass is 9.99. The van der Waals surface area contributed by atoms with E-state index in [9.17, 15) is 0 Å². The lowest BCUT2D eigenvalue weighted by Gasteiger charge is -2.20. The molecule has 0 saturated heterocycles. The molecule has 0 spiro atoms. The zero-order valence-corrected chi connectivity index (χ0v) is 13.6. The SMILES string of the molecule is CCCCCCC(NCCC)c1cccc2ccsc12. The average molecular weight is 289 g/mol. The highest BCUT2D eigenvalue weighted by Gasteiger charge is 2.13. The first kappa shape index (κ1) is 15.5. The van der Waals surface area contributed by atoms with Gasteiger partial charge in [0.1, 0.15) is 0 Å². The molecule has 0 radical (unpaired) electrons. The predicted molar refractivity (Wildman–Crippen MR) is 91.6 cm³/mol. The fourth-order valence-corrected chi connectivity index (χ4v) is 3.72. The Labute approximate surface area is 127 Å². The Morgan fingerprint density at radius 3 is 2.75 bits per heavy atom. The van der Waals surface area contributed by atoms with Crippen molar-refractivity contribution in [2.75, 3.05) is 6.54 Å². The van der Waals surface area contributed by atoms with Crippen molar-refractivity contribution in [3.8, 4) is 0 Å². The van der Waals surface area contributed by atoms with E-state index in [4.69, 9.17) is 0 Å². The van der Waals surface area contributed by atoms with Crippen LogP contribution in [0.5, 0.6) is 0 Å². The Hall–Kier alpha value is -0.860. The molecular weight excluding hydrogens is 262 g/mol. The van der Waals surface area contributed by atoms with Crippen LogP contribution in [-0.2, 0) is 0 Å². The molecule has 1 aromatic heterocycles. The second kappa shape index (κ2) is 8.43. The quantitative estimate of drug-likeness (QED) is 0.566. The van der Waals surface area contributed by atoms with E-state index < -0.39 is 0 Å². The van der Waals surface area contributed by atoms with Gasteiger partial charge in [-0.3, -0.25) is 0 Å². The highest BCUT2D eigenvalue weighted by atomic mass is 32.1. The number of hydrogen-bond acceptors (Lipinski definition) is 2. The second-order valence-electron chi connectivity index (χ2n) is 5.54. The van der Waals surface area contributed by atoms with E-state index in [0.29, 0.717) is 6.04 Å². The van der Waals surface area contributed by atoms with Gasteiger partial charge >= 0.3 is 0 Å². The molecule has 0 saturated carbocycles. The van der Waals surface area contributed by atoms with E-state index in [1.165, 1.54) is 54.2 Å². The van der Waals surface area contributed by atoms with E-state index in [1.807, 2.05) is 11.3 Å². The fourth-order valence-electron chi connectivity index (χ4n) is 2.75. The van der Waals surface area contributed by atoms with E-state index in [-0.39, 0.29) is 0 Å². The molecule has 1 atom stereocenters. The van der Waals surface area contributed by atoms with Crippen molar-refractivity contribution in [1.29, 1.82) is 0 Å². The fraction of sp³-hybridized carbons (Fsp3) is 0.556. The van der Waals surface area contributed by atoms with Crippen molar-refractivity contribution in [3.05, 3.63) is 35.2 Å². The third-order valence-corrected chi connectivity index (χ3v) is 4.85. The standard InChI is InChI=1S/C18H27NS/c1-3-5-6-7-11-17(19-13-4-2)16-10-8-9-15-12-14-20-18(15)16/h8-10,12,14,17,19H,3-7,11,13H2,1-2H3. The van der Waals surface area contributed by atoms with Gasteiger partial charge in [0.25, 0.3) is 0 Å². The summed E-state index contributed by atoms with van der Waals surface area (Å²) in [5, 5.41) is 7.35. The topological polar surface area (TPSA) is 12.0 Å². The molecule has 1 heterocycles. The van der Waals surface area contributed by atoms with Crippen LogP contribution in [0, 0.1) is 0 Å². The highest BCUT2D eigenvalue weighted by molar-refractivity contribution is 7.17. The summed E-state index contributed by atoms with van der Waals surface area (Å²) in [6, 6.07) is 9.50. The molecule has 2 rings (SSSR count). The summed E-state index contributed by atoms with van der Waals surface area (Å²) >= 11 is 1.88. The molecule has 0 bridgehead atoms. The van der Waals surface area contributed by atoms with Crippen molar-refractivity contribution in [2.45, 2.75) is 58.4 Å². The Morgan fingerprint density at radius 2 is 1.95 bits per heavy atom. The molecule has 0 amide bonds. The van der Waals surface area contributed by atoms with Gasteiger partial charge in [-0.25, -0.2) is 0 Å². The lowest BCUT2D eigenvalue weighted by molar-refractivity contribution is 0.473. The van der Waals surface area contributed by atoms with Gasteiger partial charge in [-0.2, -0.15) is 0 Å². The summed E-state index contributed by atoms with van der Waals surface area (Å²) in [4.78, 5) is 0. The Balaban J connectivity index is 2.10. The van der Waals surface area contributed by atoms with Gasteiger partial charge in [0, 0.05) is 10.7 Å². The number of rotatable bonds is 9. The van der Waals surface area contributed by atoms with Crippen LogP contribution in [0.1, 0.15) is 64.0 Å². The van der Waals surface area contributed by atoms with Crippen LogP contribution >= 0.6 is 11.3 Å². The largest absolute Gasteiger partial charge is 0.310 e. The minimum absolute atomic E-state index is 0.522. The van der Waals surface area contributed by atoms with Crippen LogP contribution in [0.15, 0.2) is 29.6 Å². The molecule has 1 unspecified atom stereocenters. The monoisotopic (exact) mass is 289 g/mol. The van der Waals surface area contributed by atoms with Crippen molar-refractivity contribution in [2.24, 2.45) is 0 Å². The van der Waals surface area contributed by atoms with Crippen molar-refractivity contribution < 1.29 is 0 Å². The van der Waals surface area contributed by atoms with Crippen LogP contribution in [0.2, 0.25) is 0 Å². The van der Waals surface area contributed by atoms with Crippen LogP contribution in [0.3, 0.4) is 0 Å². The van der Waals surface area contributed by atoms with Crippen LogP contribution in [0.4, 0.5) is 0 Å².